The van der Waals surface area contributed by atoms with Crippen molar-refractivity contribution < 1.29 is 26.7 Å². The van der Waals surface area contributed by atoms with Crippen molar-refractivity contribution >= 4 is 10.0 Å². The molecule has 0 saturated carbocycles. The quantitative estimate of drug-likeness (QED) is 0.804. The molecule has 0 aliphatic rings. The Labute approximate surface area is 121 Å². The van der Waals surface area contributed by atoms with Crippen LogP contribution < -0.4 is 4.72 Å². The molecular weight excluding hydrogens is 309 g/mol. The fraction of sp³-hybridized carbons (Fsp3) is 0.667. The molecule has 0 fully saturated rings. The molecule has 1 aromatic heterocycles. The molecule has 1 heterocycles. The van der Waals surface area contributed by atoms with E-state index in [1.165, 1.54) is 12.3 Å². The van der Waals surface area contributed by atoms with Crippen LogP contribution in [0.3, 0.4) is 0 Å². The Morgan fingerprint density at radius 2 is 2.05 bits per heavy atom. The third-order valence-corrected chi connectivity index (χ3v) is 4.35. The summed E-state index contributed by atoms with van der Waals surface area (Å²) in [5.41, 5.74) is 0.403. The van der Waals surface area contributed by atoms with Crippen LogP contribution in [0.1, 0.15) is 32.4 Å². The number of nitrogens with one attached hydrogen (secondary N) is 1. The van der Waals surface area contributed by atoms with E-state index in [0.29, 0.717) is 12.2 Å². The lowest BCUT2D eigenvalue weighted by molar-refractivity contribution is -0.137. The fourth-order valence-corrected chi connectivity index (χ4v) is 3.28. The number of hydrogen-bond acceptors (Lipinski definition) is 3. The number of sulfonamides is 1. The van der Waals surface area contributed by atoms with Gasteiger partial charge in [0.25, 0.3) is 0 Å². The van der Waals surface area contributed by atoms with Crippen molar-refractivity contribution in [1.82, 2.24) is 9.29 Å². The van der Waals surface area contributed by atoms with E-state index in [2.05, 4.69) is 0 Å². The second kappa shape index (κ2) is 6.80. The standard InChI is InChI=1S/C12H19F3N2O3S/c1-3-4-17-7-11(5-10(17)8-18)21(19,20)16-9(2)6-12(13,14)15/h5,7,9,16,18H,3-4,6,8H2,1-2H3. The summed E-state index contributed by atoms with van der Waals surface area (Å²) in [5.74, 6) is 0. The first-order valence-corrected chi connectivity index (χ1v) is 7.96. The van der Waals surface area contributed by atoms with Gasteiger partial charge in [-0.1, -0.05) is 6.92 Å². The monoisotopic (exact) mass is 328 g/mol. The molecule has 0 bridgehead atoms. The molecule has 9 heteroatoms. The van der Waals surface area contributed by atoms with E-state index >= 15 is 0 Å². The van der Waals surface area contributed by atoms with E-state index < -0.39 is 28.7 Å². The fourth-order valence-electron chi connectivity index (χ4n) is 1.98. The summed E-state index contributed by atoms with van der Waals surface area (Å²) in [5, 5.41) is 9.17. The molecule has 0 saturated heterocycles. The average Bonchev–Trinajstić information content (AvgIpc) is 2.70. The summed E-state index contributed by atoms with van der Waals surface area (Å²) >= 11 is 0. The van der Waals surface area contributed by atoms with Crippen molar-refractivity contribution in [3.05, 3.63) is 18.0 Å². The zero-order chi connectivity index (χ0) is 16.3. The van der Waals surface area contributed by atoms with Crippen LogP contribution in [-0.2, 0) is 23.2 Å². The van der Waals surface area contributed by atoms with Crippen molar-refractivity contribution in [2.24, 2.45) is 0 Å². The lowest BCUT2D eigenvalue weighted by Gasteiger charge is -2.15. The van der Waals surface area contributed by atoms with Crippen LogP contribution in [-0.4, -0.2) is 30.3 Å². The maximum Gasteiger partial charge on any atom is 0.390 e. The molecule has 0 spiro atoms. The highest BCUT2D eigenvalue weighted by atomic mass is 32.2. The van der Waals surface area contributed by atoms with Gasteiger partial charge in [-0.05, 0) is 19.4 Å². The summed E-state index contributed by atoms with van der Waals surface area (Å²) in [6.07, 6.45) is -3.63. The van der Waals surface area contributed by atoms with Crippen LogP contribution in [0.25, 0.3) is 0 Å². The molecule has 0 amide bonds. The average molecular weight is 328 g/mol. The van der Waals surface area contributed by atoms with Crippen molar-refractivity contribution in [3.63, 3.8) is 0 Å². The summed E-state index contributed by atoms with van der Waals surface area (Å²) in [6, 6.07) is 0.000261. The number of halogens is 3. The van der Waals surface area contributed by atoms with Gasteiger partial charge in [0, 0.05) is 24.5 Å². The second-order valence-corrected chi connectivity index (χ2v) is 6.57. The Morgan fingerprint density at radius 1 is 1.43 bits per heavy atom. The largest absolute Gasteiger partial charge is 0.390 e. The number of aromatic nitrogens is 1. The van der Waals surface area contributed by atoms with E-state index in [9.17, 15) is 26.7 Å². The van der Waals surface area contributed by atoms with Crippen LogP contribution in [0.2, 0.25) is 0 Å². The normalized spacial score (nSPS) is 14.4. The van der Waals surface area contributed by atoms with E-state index in [4.69, 9.17) is 0 Å². The number of rotatable bonds is 7. The topological polar surface area (TPSA) is 71.3 Å². The molecule has 0 radical (unpaired) electrons. The smallest absolute Gasteiger partial charge is 0.390 e. The van der Waals surface area contributed by atoms with Crippen LogP contribution in [0.4, 0.5) is 13.2 Å². The minimum absolute atomic E-state index is 0.144. The van der Waals surface area contributed by atoms with E-state index in [0.717, 1.165) is 13.3 Å². The molecule has 0 aliphatic carbocycles. The number of aryl methyl sites for hydroxylation is 1. The van der Waals surface area contributed by atoms with Crippen LogP contribution in [0, 0.1) is 0 Å². The highest BCUT2D eigenvalue weighted by Crippen LogP contribution is 2.23. The SMILES string of the molecule is CCCn1cc(S(=O)(=O)NC(C)CC(F)(F)F)cc1CO. The van der Waals surface area contributed by atoms with E-state index in [1.54, 1.807) is 4.57 Å². The number of nitrogens with zero attached hydrogens (tertiary/aromatic N) is 1. The first-order chi connectivity index (χ1) is 9.59. The highest BCUT2D eigenvalue weighted by molar-refractivity contribution is 7.89. The van der Waals surface area contributed by atoms with Gasteiger partial charge >= 0.3 is 6.18 Å². The van der Waals surface area contributed by atoms with E-state index in [1.807, 2.05) is 11.6 Å². The number of aliphatic hydroxyl groups excluding tert-OH is 1. The highest BCUT2D eigenvalue weighted by Gasteiger charge is 2.32. The molecule has 0 aromatic carbocycles. The molecule has 1 rings (SSSR count). The van der Waals surface area contributed by atoms with Crippen molar-refractivity contribution in [2.75, 3.05) is 0 Å². The molecule has 1 aromatic rings. The molecule has 0 aliphatic heterocycles. The van der Waals surface area contributed by atoms with Crippen molar-refractivity contribution in [2.45, 2.75) is 57.0 Å². The van der Waals surface area contributed by atoms with Gasteiger partial charge in [0.2, 0.25) is 10.0 Å². The first-order valence-electron chi connectivity index (χ1n) is 6.48. The van der Waals surface area contributed by atoms with Gasteiger partial charge in [-0.15, -0.1) is 0 Å². The molecule has 2 N–H and O–H groups in total. The molecule has 1 unspecified atom stereocenters. The maximum atomic E-state index is 12.2. The molecule has 21 heavy (non-hydrogen) atoms. The number of alkyl halides is 3. The lowest BCUT2D eigenvalue weighted by Crippen LogP contribution is -2.35. The number of hydrogen-bond donors (Lipinski definition) is 2. The molecule has 122 valence electrons. The Hall–Kier alpha value is -1.06. The molecule has 5 nitrogen and oxygen atoms in total. The molecule has 1 atom stereocenters. The summed E-state index contributed by atoms with van der Waals surface area (Å²) < 4.78 is 64.4. The van der Waals surface area contributed by atoms with Crippen LogP contribution in [0.15, 0.2) is 17.2 Å². The first kappa shape index (κ1) is 18.0. The minimum atomic E-state index is -4.44. The Morgan fingerprint density at radius 3 is 2.52 bits per heavy atom. The predicted molar refractivity (Wildman–Crippen MR) is 71.1 cm³/mol. The predicted octanol–water partition coefficient (Wildman–Crippen LogP) is 2.01. The zero-order valence-corrected chi connectivity index (χ0v) is 12.6. The third kappa shape index (κ3) is 5.33. The maximum absolute atomic E-state index is 12.2. The van der Waals surface area contributed by atoms with Crippen molar-refractivity contribution in [1.29, 1.82) is 0 Å². The summed E-state index contributed by atoms with van der Waals surface area (Å²) in [6.45, 7) is 3.22. The Balaban J connectivity index is 2.92. The van der Waals surface area contributed by atoms with Crippen LogP contribution >= 0.6 is 0 Å². The van der Waals surface area contributed by atoms with Crippen LogP contribution in [0.5, 0.6) is 0 Å². The van der Waals surface area contributed by atoms with Crippen molar-refractivity contribution in [3.8, 4) is 0 Å². The third-order valence-electron chi connectivity index (χ3n) is 2.79. The zero-order valence-electron chi connectivity index (χ0n) is 11.8. The Bertz CT molecular complexity index is 567. The van der Waals surface area contributed by atoms with Gasteiger partial charge in [0.1, 0.15) is 0 Å². The molecular formula is C12H19F3N2O3S. The van der Waals surface area contributed by atoms with Gasteiger partial charge in [0.05, 0.1) is 17.9 Å². The van der Waals surface area contributed by atoms with Gasteiger partial charge in [-0.25, -0.2) is 13.1 Å². The van der Waals surface area contributed by atoms with Gasteiger partial charge in [-0.3, -0.25) is 0 Å². The number of aliphatic hydroxyl groups is 1. The van der Waals surface area contributed by atoms with E-state index in [-0.39, 0.29) is 11.5 Å². The van der Waals surface area contributed by atoms with Gasteiger partial charge in [-0.2, -0.15) is 13.2 Å². The summed E-state index contributed by atoms with van der Waals surface area (Å²) in [7, 11) is -4.04. The van der Waals surface area contributed by atoms with Gasteiger partial charge < -0.3 is 9.67 Å². The Kier molecular flexibility index (Phi) is 5.83. The second-order valence-electron chi connectivity index (χ2n) is 4.86. The van der Waals surface area contributed by atoms with Gasteiger partial charge in [0.15, 0.2) is 0 Å². The summed E-state index contributed by atoms with van der Waals surface area (Å²) in [4.78, 5) is -0.144. The lowest BCUT2D eigenvalue weighted by atomic mass is 10.2. The minimum Gasteiger partial charge on any atom is -0.390 e.